The summed E-state index contributed by atoms with van der Waals surface area (Å²) in [5.41, 5.74) is 5.98. The topological polar surface area (TPSA) is 87.5 Å². The van der Waals surface area contributed by atoms with Crippen LogP contribution in [0.25, 0.3) is 0 Å². The van der Waals surface area contributed by atoms with Crippen molar-refractivity contribution in [3.63, 3.8) is 0 Å². The van der Waals surface area contributed by atoms with Gasteiger partial charge in [-0.15, -0.1) is 0 Å². The van der Waals surface area contributed by atoms with Crippen LogP contribution in [-0.4, -0.2) is 49.1 Å². The maximum atomic E-state index is 11.8. The Labute approximate surface area is 127 Å². The number of rotatable bonds is 7. The molecule has 4 N–H and O–H groups in total. The van der Waals surface area contributed by atoms with Gasteiger partial charge >= 0.3 is 6.03 Å². The summed E-state index contributed by atoms with van der Waals surface area (Å²) in [7, 11) is 1.86. The van der Waals surface area contributed by atoms with Gasteiger partial charge in [0.1, 0.15) is 0 Å². The van der Waals surface area contributed by atoms with Crippen molar-refractivity contribution in [1.29, 1.82) is 0 Å². The first-order valence-corrected chi connectivity index (χ1v) is 7.93. The minimum atomic E-state index is -0.376. The third-order valence-corrected chi connectivity index (χ3v) is 4.06. The Kier molecular flexibility index (Phi) is 7.67. The number of carbonyl (C=O) groups is 2. The molecule has 6 nitrogen and oxygen atoms in total. The largest absolute Gasteiger partial charge is 0.335 e. The van der Waals surface area contributed by atoms with Crippen LogP contribution in [-0.2, 0) is 4.79 Å². The van der Waals surface area contributed by atoms with Gasteiger partial charge in [-0.25, -0.2) is 4.79 Å². The van der Waals surface area contributed by atoms with E-state index in [1.165, 1.54) is 0 Å². The van der Waals surface area contributed by atoms with Crippen molar-refractivity contribution in [3.8, 4) is 0 Å². The average molecular weight is 298 g/mol. The van der Waals surface area contributed by atoms with Crippen LogP contribution in [0.5, 0.6) is 0 Å². The van der Waals surface area contributed by atoms with Crippen molar-refractivity contribution in [2.75, 3.05) is 20.1 Å². The van der Waals surface area contributed by atoms with E-state index in [4.69, 9.17) is 5.73 Å². The molecule has 0 aliphatic heterocycles. The Morgan fingerprint density at radius 1 is 1.29 bits per heavy atom. The number of carbonyl (C=O) groups excluding carboxylic acids is 2. The SMILES string of the molecule is CC(C)C(N)CCN(C)CC(=O)NC(=O)NC1CCCC1. The zero-order valence-corrected chi connectivity index (χ0v) is 13.5. The summed E-state index contributed by atoms with van der Waals surface area (Å²) in [6.07, 6.45) is 5.16. The molecule has 0 spiro atoms. The van der Waals surface area contributed by atoms with Crippen LogP contribution in [0.2, 0.25) is 0 Å². The summed E-state index contributed by atoms with van der Waals surface area (Å²) in [5.74, 6) is 0.163. The molecular weight excluding hydrogens is 268 g/mol. The summed E-state index contributed by atoms with van der Waals surface area (Å²) in [5, 5.41) is 5.22. The Hall–Kier alpha value is -1.14. The van der Waals surface area contributed by atoms with Gasteiger partial charge in [0.15, 0.2) is 0 Å². The van der Waals surface area contributed by atoms with E-state index in [2.05, 4.69) is 24.5 Å². The number of nitrogens with one attached hydrogen (secondary N) is 2. The maximum Gasteiger partial charge on any atom is 0.321 e. The summed E-state index contributed by atoms with van der Waals surface area (Å²) < 4.78 is 0. The third-order valence-electron chi connectivity index (χ3n) is 4.06. The average Bonchev–Trinajstić information content (AvgIpc) is 2.87. The van der Waals surface area contributed by atoms with Crippen molar-refractivity contribution in [2.45, 2.75) is 58.0 Å². The lowest BCUT2D eigenvalue weighted by Gasteiger charge is -2.21. The van der Waals surface area contributed by atoms with Gasteiger partial charge < -0.3 is 11.1 Å². The molecule has 1 fully saturated rings. The highest BCUT2D eigenvalue weighted by atomic mass is 16.2. The number of hydrogen-bond donors (Lipinski definition) is 3. The monoisotopic (exact) mass is 298 g/mol. The number of nitrogens with two attached hydrogens (primary N) is 1. The molecule has 1 atom stereocenters. The Morgan fingerprint density at radius 2 is 1.90 bits per heavy atom. The van der Waals surface area contributed by atoms with Crippen LogP contribution in [0.4, 0.5) is 4.79 Å². The molecule has 0 saturated heterocycles. The second kappa shape index (κ2) is 9.00. The molecule has 1 saturated carbocycles. The first kappa shape index (κ1) is 17.9. The highest BCUT2D eigenvalue weighted by molar-refractivity contribution is 5.95. The lowest BCUT2D eigenvalue weighted by molar-refractivity contribution is -0.120. The standard InChI is InChI=1S/C15H30N4O2/c1-11(2)13(16)8-9-19(3)10-14(20)18-15(21)17-12-6-4-5-7-12/h11-13H,4-10,16H2,1-3H3,(H2,17,18,20,21). The van der Waals surface area contributed by atoms with Crippen molar-refractivity contribution >= 4 is 11.9 Å². The van der Waals surface area contributed by atoms with E-state index >= 15 is 0 Å². The van der Waals surface area contributed by atoms with Gasteiger partial charge in [-0.3, -0.25) is 15.0 Å². The Bertz CT molecular complexity index is 341. The maximum absolute atomic E-state index is 11.8. The zero-order chi connectivity index (χ0) is 15.8. The van der Waals surface area contributed by atoms with Crippen molar-refractivity contribution in [2.24, 2.45) is 11.7 Å². The van der Waals surface area contributed by atoms with Gasteiger partial charge in [0.25, 0.3) is 0 Å². The molecule has 6 heteroatoms. The van der Waals surface area contributed by atoms with E-state index in [0.29, 0.717) is 5.92 Å². The molecule has 0 heterocycles. The molecule has 0 aromatic carbocycles. The Morgan fingerprint density at radius 3 is 2.48 bits per heavy atom. The second-order valence-corrected chi connectivity index (χ2v) is 6.44. The highest BCUT2D eigenvalue weighted by Crippen LogP contribution is 2.17. The Balaban J connectivity index is 2.18. The normalized spacial score (nSPS) is 17.2. The number of urea groups is 1. The lowest BCUT2D eigenvalue weighted by Crippen LogP contribution is -2.46. The van der Waals surface area contributed by atoms with Gasteiger partial charge in [0.2, 0.25) is 5.91 Å². The van der Waals surface area contributed by atoms with E-state index in [1.54, 1.807) is 0 Å². The van der Waals surface area contributed by atoms with Crippen LogP contribution in [0, 0.1) is 5.92 Å². The first-order chi connectivity index (χ1) is 9.88. The van der Waals surface area contributed by atoms with Crippen LogP contribution in [0.3, 0.4) is 0 Å². The van der Waals surface area contributed by atoms with E-state index in [9.17, 15) is 9.59 Å². The van der Waals surface area contributed by atoms with Crippen LogP contribution < -0.4 is 16.4 Å². The minimum Gasteiger partial charge on any atom is -0.335 e. The van der Waals surface area contributed by atoms with Gasteiger partial charge in [-0.1, -0.05) is 26.7 Å². The molecular formula is C15H30N4O2. The van der Waals surface area contributed by atoms with Gasteiger partial charge in [-0.2, -0.15) is 0 Å². The minimum absolute atomic E-state index is 0.140. The molecule has 0 radical (unpaired) electrons. The van der Waals surface area contributed by atoms with E-state index in [0.717, 1.165) is 38.6 Å². The molecule has 1 unspecified atom stereocenters. The fraction of sp³-hybridized carbons (Fsp3) is 0.867. The second-order valence-electron chi connectivity index (χ2n) is 6.44. The molecule has 0 bridgehead atoms. The zero-order valence-electron chi connectivity index (χ0n) is 13.5. The molecule has 122 valence electrons. The molecule has 21 heavy (non-hydrogen) atoms. The van der Waals surface area contributed by atoms with Crippen LogP contribution >= 0.6 is 0 Å². The van der Waals surface area contributed by atoms with Crippen LogP contribution in [0.15, 0.2) is 0 Å². The summed E-state index contributed by atoms with van der Waals surface area (Å²) in [6.45, 7) is 5.13. The predicted molar refractivity (Wildman–Crippen MR) is 83.9 cm³/mol. The first-order valence-electron chi connectivity index (χ1n) is 7.93. The van der Waals surface area contributed by atoms with Gasteiger partial charge in [0.05, 0.1) is 6.54 Å². The summed E-state index contributed by atoms with van der Waals surface area (Å²) >= 11 is 0. The van der Waals surface area contributed by atoms with E-state index in [-0.39, 0.29) is 30.6 Å². The van der Waals surface area contributed by atoms with Crippen LogP contribution in [0.1, 0.15) is 46.0 Å². The quantitative estimate of drug-likeness (QED) is 0.656. The highest BCUT2D eigenvalue weighted by Gasteiger charge is 2.18. The smallest absolute Gasteiger partial charge is 0.321 e. The number of imide groups is 1. The fourth-order valence-corrected chi connectivity index (χ4v) is 2.48. The lowest BCUT2D eigenvalue weighted by atomic mass is 10.0. The third kappa shape index (κ3) is 7.43. The molecule has 3 amide bonds. The van der Waals surface area contributed by atoms with E-state index < -0.39 is 0 Å². The predicted octanol–water partition coefficient (Wildman–Crippen LogP) is 1.06. The molecule has 1 aliphatic rings. The molecule has 1 rings (SSSR count). The number of hydrogen-bond acceptors (Lipinski definition) is 4. The van der Waals surface area contributed by atoms with Crippen molar-refractivity contribution in [3.05, 3.63) is 0 Å². The molecule has 0 aromatic heterocycles. The molecule has 1 aliphatic carbocycles. The number of likely N-dealkylation sites (N-methyl/N-ethyl adjacent to an activating group) is 1. The van der Waals surface area contributed by atoms with E-state index in [1.807, 2.05) is 11.9 Å². The molecule has 0 aromatic rings. The number of nitrogens with zero attached hydrogens (tertiary/aromatic N) is 1. The van der Waals surface area contributed by atoms with Crippen molar-refractivity contribution < 1.29 is 9.59 Å². The van der Waals surface area contributed by atoms with Gasteiger partial charge in [-0.05, 0) is 38.8 Å². The summed E-state index contributed by atoms with van der Waals surface area (Å²) in [6, 6.07) is -0.0140. The van der Waals surface area contributed by atoms with Crippen molar-refractivity contribution in [1.82, 2.24) is 15.5 Å². The van der Waals surface area contributed by atoms with Gasteiger partial charge in [0, 0.05) is 12.1 Å². The summed E-state index contributed by atoms with van der Waals surface area (Å²) in [4.78, 5) is 25.3. The fourth-order valence-electron chi connectivity index (χ4n) is 2.48. The number of amides is 3.